The lowest BCUT2D eigenvalue weighted by molar-refractivity contribution is 0.578. The van der Waals surface area contributed by atoms with Crippen LogP contribution in [0.4, 0.5) is 5.82 Å². The van der Waals surface area contributed by atoms with Gasteiger partial charge >= 0.3 is 0 Å². The summed E-state index contributed by atoms with van der Waals surface area (Å²) in [6.45, 7) is 2.72. The molecule has 0 fully saturated rings. The average Bonchev–Trinajstić information content (AvgIpc) is 2.42. The lowest BCUT2D eigenvalue weighted by Gasteiger charge is -2.02. The second-order valence-corrected chi connectivity index (χ2v) is 5.23. The number of aromatic nitrogens is 2. The molecule has 0 bridgehead atoms. The van der Waals surface area contributed by atoms with E-state index >= 15 is 0 Å². The number of aryl methyl sites for hydroxylation is 1. The van der Waals surface area contributed by atoms with Gasteiger partial charge in [0.2, 0.25) is 0 Å². The zero-order valence-corrected chi connectivity index (χ0v) is 9.21. The molecule has 0 saturated carbocycles. The van der Waals surface area contributed by atoms with Crippen LogP contribution in [-0.2, 0) is 16.4 Å². The Morgan fingerprint density at radius 1 is 1.57 bits per heavy atom. The van der Waals surface area contributed by atoms with Crippen LogP contribution in [-0.4, -0.2) is 24.5 Å². The van der Waals surface area contributed by atoms with E-state index in [4.69, 9.17) is 5.73 Å². The fraction of sp³-hybridized carbons (Fsp3) is 0.625. The molecule has 14 heavy (non-hydrogen) atoms. The van der Waals surface area contributed by atoms with Crippen LogP contribution in [0.15, 0.2) is 11.1 Å². The fourth-order valence-corrected chi connectivity index (χ4v) is 1.87. The first-order valence-corrected chi connectivity index (χ1v) is 6.37. The highest BCUT2D eigenvalue weighted by Gasteiger charge is 2.16. The van der Waals surface area contributed by atoms with E-state index in [9.17, 15) is 8.42 Å². The van der Waals surface area contributed by atoms with Gasteiger partial charge in [-0.2, -0.15) is 5.10 Å². The second kappa shape index (κ2) is 4.00. The van der Waals surface area contributed by atoms with Crippen LogP contribution < -0.4 is 5.73 Å². The number of unbranched alkanes of at least 4 members (excludes halogenated alkanes) is 1. The van der Waals surface area contributed by atoms with Crippen molar-refractivity contribution in [2.45, 2.75) is 31.2 Å². The Hall–Kier alpha value is -1.04. The van der Waals surface area contributed by atoms with Crippen molar-refractivity contribution in [3.05, 3.63) is 6.20 Å². The molecule has 1 aromatic rings. The summed E-state index contributed by atoms with van der Waals surface area (Å²) >= 11 is 0. The van der Waals surface area contributed by atoms with E-state index in [1.54, 1.807) is 0 Å². The zero-order valence-electron chi connectivity index (χ0n) is 8.40. The predicted octanol–water partition coefficient (Wildman–Crippen LogP) is 0.669. The molecule has 1 heterocycles. The van der Waals surface area contributed by atoms with Crippen LogP contribution in [0, 0.1) is 0 Å². The second-order valence-electron chi connectivity index (χ2n) is 3.24. The number of hydrogen-bond donors (Lipinski definition) is 1. The molecule has 0 saturated heterocycles. The van der Waals surface area contributed by atoms with Crippen LogP contribution in [0.2, 0.25) is 0 Å². The van der Waals surface area contributed by atoms with Crippen molar-refractivity contribution in [2.75, 3.05) is 12.0 Å². The highest BCUT2D eigenvalue weighted by atomic mass is 32.2. The number of nitrogen functional groups attached to an aromatic ring is 1. The average molecular weight is 217 g/mol. The first kappa shape index (κ1) is 11.0. The smallest absolute Gasteiger partial charge is 0.180 e. The SMILES string of the molecule is CCCCn1ncc(S(C)(=O)=O)c1N. The van der Waals surface area contributed by atoms with Crippen LogP contribution in [0.5, 0.6) is 0 Å². The van der Waals surface area contributed by atoms with Crippen molar-refractivity contribution in [1.82, 2.24) is 9.78 Å². The topological polar surface area (TPSA) is 78.0 Å². The molecule has 0 unspecified atom stereocenters. The number of anilines is 1. The van der Waals surface area contributed by atoms with E-state index in [1.165, 1.54) is 10.9 Å². The van der Waals surface area contributed by atoms with Crippen molar-refractivity contribution in [3.8, 4) is 0 Å². The van der Waals surface area contributed by atoms with E-state index in [0.29, 0.717) is 6.54 Å². The Kier molecular flexibility index (Phi) is 3.15. The van der Waals surface area contributed by atoms with Gasteiger partial charge in [0.1, 0.15) is 10.7 Å². The van der Waals surface area contributed by atoms with Gasteiger partial charge < -0.3 is 5.73 Å². The summed E-state index contributed by atoms with van der Waals surface area (Å²) in [4.78, 5) is 0.119. The first-order chi connectivity index (χ1) is 6.46. The normalized spacial score (nSPS) is 11.9. The van der Waals surface area contributed by atoms with E-state index < -0.39 is 9.84 Å². The Bertz CT molecular complexity index is 408. The molecule has 1 aromatic heterocycles. The molecule has 5 nitrogen and oxygen atoms in total. The molecule has 0 atom stereocenters. The molecule has 0 aromatic carbocycles. The van der Waals surface area contributed by atoms with E-state index in [2.05, 4.69) is 12.0 Å². The van der Waals surface area contributed by atoms with Crippen molar-refractivity contribution < 1.29 is 8.42 Å². The highest BCUT2D eigenvalue weighted by Crippen LogP contribution is 2.17. The monoisotopic (exact) mass is 217 g/mol. The number of nitrogens with two attached hydrogens (primary N) is 1. The third-order valence-corrected chi connectivity index (χ3v) is 3.08. The molecule has 2 N–H and O–H groups in total. The zero-order chi connectivity index (χ0) is 10.8. The van der Waals surface area contributed by atoms with E-state index in [1.807, 2.05) is 0 Å². The minimum absolute atomic E-state index is 0.119. The van der Waals surface area contributed by atoms with Crippen LogP contribution in [0.3, 0.4) is 0 Å². The summed E-state index contributed by atoms with van der Waals surface area (Å²) in [5, 5.41) is 3.93. The van der Waals surface area contributed by atoms with Gasteiger partial charge in [-0.15, -0.1) is 0 Å². The molecule has 80 valence electrons. The third-order valence-electron chi connectivity index (χ3n) is 1.97. The number of hydrogen-bond acceptors (Lipinski definition) is 4. The Morgan fingerprint density at radius 2 is 2.21 bits per heavy atom. The number of sulfone groups is 1. The summed E-state index contributed by atoms with van der Waals surface area (Å²) in [6.07, 6.45) is 4.40. The minimum atomic E-state index is -3.25. The van der Waals surface area contributed by atoms with Crippen LogP contribution in [0.1, 0.15) is 19.8 Å². The molecule has 6 heteroatoms. The molecule has 1 rings (SSSR count). The van der Waals surface area contributed by atoms with Gasteiger partial charge in [-0.05, 0) is 6.42 Å². The van der Waals surface area contributed by atoms with Crippen LogP contribution >= 0.6 is 0 Å². The predicted molar refractivity (Wildman–Crippen MR) is 54.7 cm³/mol. The van der Waals surface area contributed by atoms with Crippen molar-refractivity contribution >= 4 is 15.7 Å². The van der Waals surface area contributed by atoms with E-state index in [0.717, 1.165) is 19.1 Å². The maximum Gasteiger partial charge on any atom is 0.180 e. The number of rotatable bonds is 4. The molecule has 0 aliphatic heterocycles. The first-order valence-electron chi connectivity index (χ1n) is 4.48. The lowest BCUT2D eigenvalue weighted by Crippen LogP contribution is -2.07. The number of nitrogens with zero attached hydrogens (tertiary/aromatic N) is 2. The van der Waals surface area contributed by atoms with Gasteiger partial charge in [-0.25, -0.2) is 13.1 Å². The van der Waals surface area contributed by atoms with Gasteiger partial charge in [0.25, 0.3) is 0 Å². The summed E-state index contributed by atoms with van der Waals surface area (Å²) in [5.74, 6) is 0.237. The van der Waals surface area contributed by atoms with Gasteiger partial charge in [0, 0.05) is 12.8 Å². The molecular formula is C8H15N3O2S. The fourth-order valence-electron chi connectivity index (χ4n) is 1.15. The standard InChI is InChI=1S/C8H15N3O2S/c1-3-4-5-11-8(9)7(6-10-11)14(2,12)13/h6H,3-5,9H2,1-2H3. The Balaban J connectivity index is 2.97. The van der Waals surface area contributed by atoms with Gasteiger partial charge in [0.15, 0.2) is 9.84 Å². The summed E-state index contributed by atoms with van der Waals surface area (Å²) in [7, 11) is -3.25. The summed E-state index contributed by atoms with van der Waals surface area (Å²) < 4.78 is 23.9. The molecule has 0 amide bonds. The molecule has 0 radical (unpaired) electrons. The van der Waals surface area contributed by atoms with Gasteiger partial charge in [-0.1, -0.05) is 13.3 Å². The quantitative estimate of drug-likeness (QED) is 0.804. The largest absolute Gasteiger partial charge is 0.383 e. The molecule has 0 aliphatic carbocycles. The Morgan fingerprint density at radius 3 is 2.64 bits per heavy atom. The molecular weight excluding hydrogens is 202 g/mol. The Labute approximate surface area is 83.8 Å². The molecule has 0 aliphatic rings. The highest BCUT2D eigenvalue weighted by molar-refractivity contribution is 7.90. The van der Waals surface area contributed by atoms with Crippen LogP contribution in [0.25, 0.3) is 0 Å². The van der Waals surface area contributed by atoms with Crippen molar-refractivity contribution in [2.24, 2.45) is 0 Å². The van der Waals surface area contributed by atoms with Gasteiger partial charge in [-0.3, -0.25) is 0 Å². The van der Waals surface area contributed by atoms with E-state index in [-0.39, 0.29) is 10.7 Å². The van der Waals surface area contributed by atoms with Crippen molar-refractivity contribution in [3.63, 3.8) is 0 Å². The maximum absolute atomic E-state index is 11.2. The van der Waals surface area contributed by atoms with Crippen molar-refractivity contribution in [1.29, 1.82) is 0 Å². The lowest BCUT2D eigenvalue weighted by atomic mass is 10.3. The summed E-state index contributed by atoms with van der Waals surface area (Å²) in [6, 6.07) is 0. The maximum atomic E-state index is 11.2. The summed E-state index contributed by atoms with van der Waals surface area (Å²) in [5.41, 5.74) is 5.65. The minimum Gasteiger partial charge on any atom is -0.383 e. The molecule has 0 spiro atoms. The van der Waals surface area contributed by atoms with Gasteiger partial charge in [0.05, 0.1) is 6.20 Å². The third kappa shape index (κ3) is 2.25.